The molecule has 2 N–H and O–H groups in total. The molecule has 0 aliphatic heterocycles. The average Bonchev–Trinajstić information content (AvgIpc) is 2.43. The lowest BCUT2D eigenvalue weighted by atomic mass is 10.1. The lowest BCUT2D eigenvalue weighted by molar-refractivity contribution is -0.139. The van der Waals surface area contributed by atoms with Gasteiger partial charge in [0.05, 0.1) is 0 Å². The van der Waals surface area contributed by atoms with E-state index >= 15 is 0 Å². The Labute approximate surface area is 129 Å². The van der Waals surface area contributed by atoms with Crippen LogP contribution in [-0.2, 0) is 4.79 Å². The minimum Gasteiger partial charge on any atom is -0.480 e. The van der Waals surface area contributed by atoms with Gasteiger partial charge >= 0.3 is 5.97 Å². The van der Waals surface area contributed by atoms with E-state index in [1.165, 1.54) is 51.4 Å². The summed E-state index contributed by atoms with van der Waals surface area (Å²) in [4.78, 5) is 11.0. The van der Waals surface area contributed by atoms with Crippen molar-refractivity contribution in [1.82, 2.24) is 5.32 Å². The SMILES string of the molecule is CCCCCCCCCCCN[C@@H](CCSC)C(=O)O. The number of carboxylic acid groups (broad SMARTS) is 1. The molecule has 0 heterocycles. The molecule has 0 aliphatic carbocycles. The molecule has 0 unspecified atom stereocenters. The van der Waals surface area contributed by atoms with E-state index in [1.807, 2.05) is 6.26 Å². The predicted octanol–water partition coefficient (Wildman–Crippen LogP) is 4.31. The molecule has 0 bridgehead atoms. The van der Waals surface area contributed by atoms with Gasteiger partial charge in [-0.25, -0.2) is 0 Å². The van der Waals surface area contributed by atoms with E-state index in [-0.39, 0.29) is 6.04 Å². The van der Waals surface area contributed by atoms with E-state index in [4.69, 9.17) is 5.11 Å². The van der Waals surface area contributed by atoms with Gasteiger partial charge in [0.15, 0.2) is 0 Å². The molecule has 0 spiro atoms. The van der Waals surface area contributed by atoms with E-state index in [0.29, 0.717) is 6.42 Å². The minimum absolute atomic E-state index is 0.364. The van der Waals surface area contributed by atoms with E-state index in [9.17, 15) is 4.79 Å². The zero-order valence-corrected chi connectivity index (χ0v) is 14.1. The first-order chi connectivity index (χ1) is 9.72. The summed E-state index contributed by atoms with van der Waals surface area (Å²) in [5, 5.41) is 12.2. The monoisotopic (exact) mass is 303 g/mol. The van der Waals surface area contributed by atoms with Gasteiger partial charge in [-0.3, -0.25) is 4.79 Å². The van der Waals surface area contributed by atoms with Gasteiger partial charge in [-0.2, -0.15) is 11.8 Å². The molecule has 0 saturated heterocycles. The highest BCUT2D eigenvalue weighted by molar-refractivity contribution is 7.98. The molecule has 0 fully saturated rings. The van der Waals surface area contributed by atoms with Gasteiger partial charge in [-0.05, 0) is 31.4 Å². The van der Waals surface area contributed by atoms with Crippen LogP contribution in [0.2, 0.25) is 0 Å². The Morgan fingerprint density at radius 2 is 1.60 bits per heavy atom. The Balaban J connectivity index is 3.34. The summed E-state index contributed by atoms with van der Waals surface area (Å²) in [6.07, 6.45) is 14.5. The summed E-state index contributed by atoms with van der Waals surface area (Å²) in [7, 11) is 0. The highest BCUT2D eigenvalue weighted by Gasteiger charge is 2.15. The first kappa shape index (κ1) is 19.8. The van der Waals surface area contributed by atoms with Crippen LogP contribution in [0.1, 0.15) is 71.1 Å². The first-order valence-electron chi connectivity index (χ1n) is 8.17. The summed E-state index contributed by atoms with van der Waals surface area (Å²) in [5.41, 5.74) is 0. The summed E-state index contributed by atoms with van der Waals surface area (Å²) in [5.74, 6) is 0.192. The quantitative estimate of drug-likeness (QED) is 0.443. The number of carbonyl (C=O) groups is 1. The zero-order valence-electron chi connectivity index (χ0n) is 13.3. The predicted molar refractivity (Wildman–Crippen MR) is 89.7 cm³/mol. The van der Waals surface area contributed by atoms with Crippen LogP contribution in [-0.4, -0.2) is 35.7 Å². The molecular weight excluding hydrogens is 270 g/mol. The number of aliphatic carboxylic acids is 1. The van der Waals surface area contributed by atoms with Gasteiger partial charge in [-0.15, -0.1) is 0 Å². The van der Waals surface area contributed by atoms with Crippen LogP contribution in [0.3, 0.4) is 0 Å². The third-order valence-electron chi connectivity index (χ3n) is 3.58. The maximum absolute atomic E-state index is 11.0. The van der Waals surface area contributed by atoms with Crippen molar-refractivity contribution in [3.63, 3.8) is 0 Å². The van der Waals surface area contributed by atoms with E-state index in [1.54, 1.807) is 11.8 Å². The molecule has 1 atom stereocenters. The molecule has 0 radical (unpaired) electrons. The van der Waals surface area contributed by atoms with Crippen molar-refractivity contribution < 1.29 is 9.90 Å². The Morgan fingerprint density at radius 3 is 2.10 bits per heavy atom. The minimum atomic E-state index is -0.713. The van der Waals surface area contributed by atoms with Gasteiger partial charge in [0, 0.05) is 0 Å². The lowest BCUT2D eigenvalue weighted by Crippen LogP contribution is -2.37. The fourth-order valence-corrected chi connectivity index (χ4v) is 2.73. The highest BCUT2D eigenvalue weighted by atomic mass is 32.2. The standard InChI is InChI=1S/C16H33NO2S/c1-3-4-5-6-7-8-9-10-11-13-17-15(16(18)19)12-14-20-2/h15,17H,3-14H2,1-2H3,(H,18,19)/t15-/m0/s1. The molecule has 3 nitrogen and oxygen atoms in total. The van der Waals surface area contributed by atoms with Crippen LogP contribution < -0.4 is 5.32 Å². The van der Waals surface area contributed by atoms with Crippen molar-refractivity contribution in [2.45, 2.75) is 77.2 Å². The highest BCUT2D eigenvalue weighted by Crippen LogP contribution is 2.09. The number of hydrogen-bond acceptors (Lipinski definition) is 3. The normalized spacial score (nSPS) is 12.5. The van der Waals surface area contributed by atoms with Crippen molar-refractivity contribution in [2.24, 2.45) is 0 Å². The van der Waals surface area contributed by atoms with E-state index in [2.05, 4.69) is 12.2 Å². The number of hydrogen-bond donors (Lipinski definition) is 2. The average molecular weight is 304 g/mol. The number of unbranched alkanes of at least 4 members (excludes halogenated alkanes) is 8. The number of rotatable bonds is 15. The van der Waals surface area contributed by atoms with Gasteiger partial charge in [0.1, 0.15) is 6.04 Å². The molecule has 0 rings (SSSR count). The third-order valence-corrected chi connectivity index (χ3v) is 4.22. The first-order valence-corrected chi connectivity index (χ1v) is 9.56. The molecular formula is C16H33NO2S. The zero-order chi connectivity index (χ0) is 15.1. The molecule has 0 amide bonds. The van der Waals surface area contributed by atoms with Crippen molar-refractivity contribution in [3.8, 4) is 0 Å². The fraction of sp³-hybridized carbons (Fsp3) is 0.938. The van der Waals surface area contributed by atoms with Crippen LogP contribution in [0.4, 0.5) is 0 Å². The summed E-state index contributed by atoms with van der Waals surface area (Å²) in [6.45, 7) is 3.08. The fourth-order valence-electron chi connectivity index (χ4n) is 2.26. The maximum Gasteiger partial charge on any atom is 0.320 e. The molecule has 20 heavy (non-hydrogen) atoms. The molecule has 0 saturated carbocycles. The number of nitrogens with one attached hydrogen (secondary N) is 1. The molecule has 120 valence electrons. The van der Waals surface area contributed by atoms with Gasteiger partial charge < -0.3 is 10.4 Å². The maximum atomic E-state index is 11.0. The van der Waals surface area contributed by atoms with Crippen molar-refractivity contribution in [3.05, 3.63) is 0 Å². The van der Waals surface area contributed by atoms with E-state index in [0.717, 1.165) is 18.7 Å². The molecule has 0 aromatic heterocycles. The smallest absolute Gasteiger partial charge is 0.320 e. The molecule has 0 aromatic carbocycles. The Morgan fingerprint density at radius 1 is 1.05 bits per heavy atom. The second-order valence-electron chi connectivity index (χ2n) is 5.45. The molecule has 4 heteroatoms. The second-order valence-corrected chi connectivity index (χ2v) is 6.44. The van der Waals surface area contributed by atoms with Gasteiger partial charge in [0.25, 0.3) is 0 Å². The van der Waals surface area contributed by atoms with Crippen molar-refractivity contribution in [1.29, 1.82) is 0 Å². The van der Waals surface area contributed by atoms with Crippen LogP contribution >= 0.6 is 11.8 Å². The molecule has 0 aliphatic rings. The number of carboxylic acids is 1. The van der Waals surface area contributed by atoms with E-state index < -0.39 is 5.97 Å². The van der Waals surface area contributed by atoms with Crippen LogP contribution in [0.25, 0.3) is 0 Å². The Bertz CT molecular complexity index is 225. The number of thioether (sulfide) groups is 1. The summed E-state index contributed by atoms with van der Waals surface area (Å²) >= 11 is 1.70. The van der Waals surface area contributed by atoms with Gasteiger partial charge in [0.2, 0.25) is 0 Å². The van der Waals surface area contributed by atoms with Gasteiger partial charge in [-0.1, -0.05) is 58.3 Å². The summed E-state index contributed by atoms with van der Waals surface area (Å²) < 4.78 is 0. The van der Waals surface area contributed by atoms with Crippen molar-refractivity contribution in [2.75, 3.05) is 18.6 Å². The molecule has 0 aromatic rings. The van der Waals surface area contributed by atoms with Crippen molar-refractivity contribution >= 4 is 17.7 Å². The van der Waals surface area contributed by atoms with Crippen LogP contribution in [0.15, 0.2) is 0 Å². The van der Waals surface area contributed by atoms with Crippen LogP contribution in [0.5, 0.6) is 0 Å². The topological polar surface area (TPSA) is 49.3 Å². The Kier molecular flexibility index (Phi) is 15.0. The summed E-state index contributed by atoms with van der Waals surface area (Å²) in [6, 6.07) is -0.364. The second kappa shape index (κ2) is 15.2. The van der Waals surface area contributed by atoms with Crippen LogP contribution in [0, 0.1) is 0 Å². The third kappa shape index (κ3) is 12.8. The largest absolute Gasteiger partial charge is 0.480 e. The Hall–Kier alpha value is -0.220. The lowest BCUT2D eigenvalue weighted by Gasteiger charge is -2.13.